The van der Waals surface area contributed by atoms with Crippen LogP contribution in [-0.4, -0.2) is 24.8 Å². The summed E-state index contributed by atoms with van der Waals surface area (Å²) >= 11 is 3.34. The summed E-state index contributed by atoms with van der Waals surface area (Å²) in [6.45, 7) is 5.56. The SMILES string of the molecule is CCOC(CC)OCCCBr. The average Bonchev–Trinajstić information content (AvgIpc) is 2.03. The summed E-state index contributed by atoms with van der Waals surface area (Å²) in [6, 6.07) is 0. The Morgan fingerprint density at radius 3 is 2.45 bits per heavy atom. The highest BCUT2D eigenvalue weighted by molar-refractivity contribution is 9.09. The predicted octanol–water partition coefficient (Wildman–Crippen LogP) is 2.56. The van der Waals surface area contributed by atoms with Crippen molar-refractivity contribution in [2.24, 2.45) is 0 Å². The van der Waals surface area contributed by atoms with Crippen LogP contribution < -0.4 is 0 Å². The third-order valence-electron chi connectivity index (χ3n) is 1.27. The molecular weight excluding hydrogens is 208 g/mol. The molecule has 0 rings (SSSR count). The Balaban J connectivity index is 3.20. The van der Waals surface area contributed by atoms with Crippen molar-refractivity contribution >= 4 is 15.9 Å². The van der Waals surface area contributed by atoms with Gasteiger partial charge in [-0.25, -0.2) is 0 Å². The maximum atomic E-state index is 5.42. The molecule has 0 radical (unpaired) electrons. The van der Waals surface area contributed by atoms with E-state index in [1.165, 1.54) is 0 Å². The van der Waals surface area contributed by atoms with E-state index in [9.17, 15) is 0 Å². The molecule has 0 aromatic carbocycles. The van der Waals surface area contributed by atoms with E-state index in [0.29, 0.717) is 0 Å². The summed E-state index contributed by atoms with van der Waals surface area (Å²) in [5.74, 6) is 0. The second kappa shape index (κ2) is 8.50. The molecule has 0 aromatic rings. The zero-order valence-corrected chi connectivity index (χ0v) is 8.89. The van der Waals surface area contributed by atoms with Gasteiger partial charge in [-0.2, -0.15) is 0 Å². The minimum Gasteiger partial charge on any atom is -0.353 e. The first kappa shape index (κ1) is 11.4. The molecular formula is C8H17BrO2. The van der Waals surface area contributed by atoms with Crippen molar-refractivity contribution in [1.82, 2.24) is 0 Å². The number of halogens is 1. The van der Waals surface area contributed by atoms with Crippen LogP contribution in [0.5, 0.6) is 0 Å². The van der Waals surface area contributed by atoms with Gasteiger partial charge in [0.15, 0.2) is 6.29 Å². The van der Waals surface area contributed by atoms with Crippen LogP contribution in [0.25, 0.3) is 0 Å². The quantitative estimate of drug-likeness (QED) is 0.376. The smallest absolute Gasteiger partial charge is 0.157 e. The zero-order valence-electron chi connectivity index (χ0n) is 7.31. The minimum atomic E-state index is -0.000880. The summed E-state index contributed by atoms with van der Waals surface area (Å²) in [5.41, 5.74) is 0. The molecule has 68 valence electrons. The normalized spacial score (nSPS) is 13.4. The summed E-state index contributed by atoms with van der Waals surface area (Å²) in [6.07, 6.45) is 1.97. The molecule has 0 spiro atoms. The minimum absolute atomic E-state index is 0.000880. The average molecular weight is 225 g/mol. The summed E-state index contributed by atoms with van der Waals surface area (Å²) < 4.78 is 10.7. The molecule has 3 heteroatoms. The Morgan fingerprint density at radius 1 is 1.27 bits per heavy atom. The zero-order chi connectivity index (χ0) is 8.53. The molecule has 0 aliphatic heterocycles. The molecule has 0 N–H and O–H groups in total. The van der Waals surface area contributed by atoms with Crippen LogP contribution in [-0.2, 0) is 9.47 Å². The first-order chi connectivity index (χ1) is 5.35. The second-order valence-corrected chi connectivity index (χ2v) is 3.00. The van der Waals surface area contributed by atoms with Crippen molar-refractivity contribution in [3.05, 3.63) is 0 Å². The van der Waals surface area contributed by atoms with Crippen molar-refractivity contribution in [1.29, 1.82) is 0 Å². The third-order valence-corrected chi connectivity index (χ3v) is 1.83. The van der Waals surface area contributed by atoms with Gasteiger partial charge in [-0.05, 0) is 19.8 Å². The van der Waals surface area contributed by atoms with Crippen LogP contribution in [0.4, 0.5) is 0 Å². The van der Waals surface area contributed by atoms with Crippen LogP contribution in [0, 0.1) is 0 Å². The van der Waals surface area contributed by atoms with Gasteiger partial charge in [0.1, 0.15) is 0 Å². The van der Waals surface area contributed by atoms with Gasteiger partial charge in [0, 0.05) is 11.9 Å². The highest BCUT2D eigenvalue weighted by atomic mass is 79.9. The van der Waals surface area contributed by atoms with Crippen molar-refractivity contribution in [2.75, 3.05) is 18.5 Å². The van der Waals surface area contributed by atoms with Gasteiger partial charge in [0.25, 0.3) is 0 Å². The number of rotatable bonds is 7. The van der Waals surface area contributed by atoms with Gasteiger partial charge in [-0.3, -0.25) is 0 Å². The summed E-state index contributed by atoms with van der Waals surface area (Å²) in [4.78, 5) is 0. The molecule has 0 aromatic heterocycles. The lowest BCUT2D eigenvalue weighted by molar-refractivity contribution is -0.139. The topological polar surface area (TPSA) is 18.5 Å². The highest BCUT2D eigenvalue weighted by Crippen LogP contribution is 2.01. The Labute approximate surface area is 77.4 Å². The molecule has 1 atom stereocenters. The van der Waals surface area contributed by atoms with Crippen molar-refractivity contribution in [3.63, 3.8) is 0 Å². The van der Waals surface area contributed by atoms with Gasteiger partial charge < -0.3 is 9.47 Å². The fourth-order valence-corrected chi connectivity index (χ4v) is 0.968. The van der Waals surface area contributed by atoms with E-state index in [-0.39, 0.29) is 6.29 Å². The first-order valence-corrected chi connectivity index (χ1v) is 5.26. The monoisotopic (exact) mass is 224 g/mol. The molecule has 0 aliphatic carbocycles. The van der Waals surface area contributed by atoms with Crippen LogP contribution in [0.1, 0.15) is 26.7 Å². The molecule has 0 fully saturated rings. The molecule has 0 aliphatic rings. The van der Waals surface area contributed by atoms with Crippen LogP contribution in [0.2, 0.25) is 0 Å². The van der Waals surface area contributed by atoms with Gasteiger partial charge in [-0.1, -0.05) is 22.9 Å². The maximum absolute atomic E-state index is 5.42. The number of hydrogen-bond acceptors (Lipinski definition) is 2. The third kappa shape index (κ3) is 6.78. The molecule has 1 unspecified atom stereocenters. The number of ether oxygens (including phenoxy) is 2. The predicted molar refractivity (Wildman–Crippen MR) is 50.1 cm³/mol. The van der Waals surface area contributed by atoms with E-state index in [0.717, 1.165) is 31.4 Å². The van der Waals surface area contributed by atoms with Crippen molar-refractivity contribution in [2.45, 2.75) is 33.0 Å². The maximum Gasteiger partial charge on any atom is 0.157 e. The Kier molecular flexibility index (Phi) is 8.81. The largest absolute Gasteiger partial charge is 0.353 e. The number of alkyl halides is 1. The van der Waals surface area contributed by atoms with E-state index in [2.05, 4.69) is 22.9 Å². The first-order valence-electron chi connectivity index (χ1n) is 4.14. The van der Waals surface area contributed by atoms with E-state index in [4.69, 9.17) is 9.47 Å². The molecule has 0 bridgehead atoms. The Bertz CT molecular complexity index is 78.5. The van der Waals surface area contributed by atoms with Crippen molar-refractivity contribution < 1.29 is 9.47 Å². The van der Waals surface area contributed by atoms with E-state index in [1.807, 2.05) is 6.92 Å². The molecule has 0 heterocycles. The number of hydrogen-bond donors (Lipinski definition) is 0. The summed E-state index contributed by atoms with van der Waals surface area (Å²) in [7, 11) is 0. The van der Waals surface area contributed by atoms with E-state index in [1.54, 1.807) is 0 Å². The second-order valence-electron chi connectivity index (χ2n) is 2.21. The lowest BCUT2D eigenvalue weighted by atomic mass is 10.4. The Hall–Kier alpha value is 0.400. The van der Waals surface area contributed by atoms with Crippen LogP contribution >= 0.6 is 15.9 Å². The lowest BCUT2D eigenvalue weighted by Gasteiger charge is -2.14. The molecule has 0 saturated carbocycles. The van der Waals surface area contributed by atoms with E-state index < -0.39 is 0 Å². The molecule has 0 saturated heterocycles. The van der Waals surface area contributed by atoms with Crippen LogP contribution in [0.3, 0.4) is 0 Å². The van der Waals surface area contributed by atoms with E-state index >= 15 is 0 Å². The summed E-state index contributed by atoms with van der Waals surface area (Å²) in [5, 5.41) is 0.996. The molecule has 0 amide bonds. The van der Waals surface area contributed by atoms with Gasteiger partial charge in [-0.15, -0.1) is 0 Å². The highest BCUT2D eigenvalue weighted by Gasteiger charge is 2.03. The Morgan fingerprint density at radius 2 is 2.00 bits per heavy atom. The van der Waals surface area contributed by atoms with Crippen molar-refractivity contribution in [3.8, 4) is 0 Å². The van der Waals surface area contributed by atoms with Crippen LogP contribution in [0.15, 0.2) is 0 Å². The van der Waals surface area contributed by atoms with Gasteiger partial charge in [0.2, 0.25) is 0 Å². The molecule has 11 heavy (non-hydrogen) atoms. The van der Waals surface area contributed by atoms with Gasteiger partial charge in [0.05, 0.1) is 6.61 Å². The fourth-order valence-electron chi connectivity index (χ4n) is 0.739. The fraction of sp³-hybridized carbons (Fsp3) is 1.00. The lowest BCUT2D eigenvalue weighted by Crippen LogP contribution is -2.16. The standard InChI is InChI=1S/C8H17BrO2/c1-3-8(10-4-2)11-7-5-6-9/h8H,3-7H2,1-2H3. The van der Waals surface area contributed by atoms with Gasteiger partial charge >= 0.3 is 0 Å². The molecule has 2 nitrogen and oxygen atoms in total.